The van der Waals surface area contributed by atoms with E-state index in [-0.39, 0.29) is 12.0 Å². The van der Waals surface area contributed by atoms with Crippen LogP contribution in [0, 0.1) is 6.92 Å². The number of ether oxygens (including phenoxy) is 1. The van der Waals surface area contributed by atoms with Crippen LogP contribution in [0.3, 0.4) is 0 Å². The summed E-state index contributed by atoms with van der Waals surface area (Å²) in [5, 5.41) is 0. The maximum Gasteiger partial charge on any atom is 0.267 e. The topological polar surface area (TPSA) is 29.5 Å². The van der Waals surface area contributed by atoms with Crippen LogP contribution in [0.4, 0.5) is 5.69 Å². The molecule has 0 spiro atoms. The van der Waals surface area contributed by atoms with Crippen molar-refractivity contribution in [3.63, 3.8) is 0 Å². The number of carbonyl (C=O) groups excluding carboxylic acids is 1. The predicted octanol–water partition coefficient (Wildman–Crippen LogP) is 2.52. The van der Waals surface area contributed by atoms with E-state index in [0.29, 0.717) is 0 Å². The summed E-state index contributed by atoms with van der Waals surface area (Å²) < 4.78 is 5.58. The SMILES string of the molecule is CCCN1C(=O)C(C)Oc2ccc(C)cc21. The number of benzene rings is 1. The van der Waals surface area contributed by atoms with E-state index in [1.165, 1.54) is 0 Å². The summed E-state index contributed by atoms with van der Waals surface area (Å²) in [5.74, 6) is 0.867. The van der Waals surface area contributed by atoms with E-state index in [1.54, 1.807) is 6.92 Å². The van der Waals surface area contributed by atoms with E-state index in [2.05, 4.69) is 6.92 Å². The second-order valence-electron chi connectivity index (χ2n) is 4.22. The monoisotopic (exact) mass is 219 g/mol. The molecule has 86 valence electrons. The van der Waals surface area contributed by atoms with E-state index in [1.807, 2.05) is 30.0 Å². The first-order valence-corrected chi connectivity index (χ1v) is 5.72. The Hall–Kier alpha value is -1.51. The highest BCUT2D eigenvalue weighted by molar-refractivity contribution is 5.99. The van der Waals surface area contributed by atoms with Crippen LogP contribution >= 0.6 is 0 Å². The van der Waals surface area contributed by atoms with Gasteiger partial charge in [-0.25, -0.2) is 0 Å². The lowest BCUT2D eigenvalue weighted by Gasteiger charge is -2.33. The zero-order chi connectivity index (χ0) is 11.7. The molecule has 0 aromatic heterocycles. The van der Waals surface area contributed by atoms with Gasteiger partial charge >= 0.3 is 0 Å². The van der Waals surface area contributed by atoms with Crippen LogP contribution in [0.2, 0.25) is 0 Å². The van der Waals surface area contributed by atoms with Crippen LogP contribution in [0.5, 0.6) is 5.75 Å². The lowest BCUT2D eigenvalue weighted by Crippen LogP contribution is -2.44. The molecule has 1 unspecified atom stereocenters. The van der Waals surface area contributed by atoms with Crippen LogP contribution in [0.25, 0.3) is 0 Å². The molecule has 1 heterocycles. The van der Waals surface area contributed by atoms with Gasteiger partial charge in [0.15, 0.2) is 6.10 Å². The van der Waals surface area contributed by atoms with E-state index in [9.17, 15) is 4.79 Å². The maximum absolute atomic E-state index is 12.0. The molecule has 1 amide bonds. The van der Waals surface area contributed by atoms with Gasteiger partial charge < -0.3 is 9.64 Å². The number of fused-ring (bicyclic) bond motifs is 1. The molecule has 1 aliphatic heterocycles. The Morgan fingerprint density at radius 3 is 2.88 bits per heavy atom. The zero-order valence-electron chi connectivity index (χ0n) is 9.99. The first-order valence-electron chi connectivity index (χ1n) is 5.72. The molecule has 1 aromatic rings. The summed E-state index contributed by atoms with van der Waals surface area (Å²) in [5.41, 5.74) is 2.05. The van der Waals surface area contributed by atoms with Crippen molar-refractivity contribution in [1.82, 2.24) is 0 Å². The molecule has 1 aliphatic rings. The molecule has 1 atom stereocenters. The fraction of sp³-hybridized carbons (Fsp3) is 0.462. The number of hydrogen-bond acceptors (Lipinski definition) is 2. The number of rotatable bonds is 2. The lowest BCUT2D eigenvalue weighted by molar-refractivity contribution is -0.125. The quantitative estimate of drug-likeness (QED) is 0.765. The van der Waals surface area contributed by atoms with Gasteiger partial charge in [0.1, 0.15) is 5.75 Å². The van der Waals surface area contributed by atoms with E-state index in [4.69, 9.17) is 4.74 Å². The fourth-order valence-electron chi connectivity index (χ4n) is 1.97. The molecule has 1 aromatic carbocycles. The van der Waals surface area contributed by atoms with Crippen molar-refractivity contribution in [2.24, 2.45) is 0 Å². The number of anilines is 1. The van der Waals surface area contributed by atoms with E-state index < -0.39 is 0 Å². The van der Waals surface area contributed by atoms with Gasteiger partial charge in [0.2, 0.25) is 0 Å². The standard InChI is InChI=1S/C13H17NO2/c1-4-7-14-11-8-9(2)5-6-12(11)16-10(3)13(14)15/h5-6,8,10H,4,7H2,1-3H3. The number of nitrogens with zero attached hydrogens (tertiary/aromatic N) is 1. The summed E-state index contributed by atoms with van der Waals surface area (Å²) in [6.07, 6.45) is 0.577. The Kier molecular flexibility index (Phi) is 2.86. The minimum Gasteiger partial charge on any atom is -0.479 e. The van der Waals surface area contributed by atoms with Crippen LogP contribution in [-0.4, -0.2) is 18.6 Å². The molecule has 3 nitrogen and oxygen atoms in total. The maximum atomic E-state index is 12.0. The summed E-state index contributed by atoms with van der Waals surface area (Å²) in [7, 11) is 0. The van der Waals surface area contributed by atoms with Gasteiger partial charge in [0, 0.05) is 6.54 Å². The average Bonchev–Trinajstić information content (AvgIpc) is 2.26. The van der Waals surface area contributed by atoms with Gasteiger partial charge in [-0.05, 0) is 38.0 Å². The second-order valence-corrected chi connectivity index (χ2v) is 4.22. The summed E-state index contributed by atoms with van der Waals surface area (Å²) in [6.45, 7) is 6.65. The summed E-state index contributed by atoms with van der Waals surface area (Å²) >= 11 is 0. The summed E-state index contributed by atoms with van der Waals surface area (Å²) in [6, 6.07) is 5.95. The van der Waals surface area contributed by atoms with Gasteiger partial charge in [0.25, 0.3) is 5.91 Å². The fourth-order valence-corrected chi connectivity index (χ4v) is 1.97. The van der Waals surface area contributed by atoms with Crippen molar-refractivity contribution >= 4 is 11.6 Å². The average molecular weight is 219 g/mol. The van der Waals surface area contributed by atoms with E-state index >= 15 is 0 Å². The molecule has 2 rings (SSSR count). The molecule has 0 aliphatic carbocycles. The number of aryl methyl sites for hydroxylation is 1. The van der Waals surface area contributed by atoms with Crippen LogP contribution < -0.4 is 9.64 Å². The second kappa shape index (κ2) is 4.16. The van der Waals surface area contributed by atoms with Crippen LogP contribution in [-0.2, 0) is 4.79 Å². The van der Waals surface area contributed by atoms with Crippen molar-refractivity contribution in [2.75, 3.05) is 11.4 Å². The van der Waals surface area contributed by atoms with E-state index in [0.717, 1.165) is 30.0 Å². The Balaban J connectivity index is 2.45. The number of hydrogen-bond donors (Lipinski definition) is 0. The van der Waals surface area contributed by atoms with Gasteiger partial charge in [-0.1, -0.05) is 13.0 Å². The molecule has 0 fully saturated rings. The first kappa shape index (κ1) is 11.0. The number of amides is 1. The van der Waals surface area contributed by atoms with Crippen molar-refractivity contribution in [1.29, 1.82) is 0 Å². The molecule has 0 saturated carbocycles. The third-order valence-electron chi connectivity index (χ3n) is 2.77. The smallest absolute Gasteiger partial charge is 0.267 e. The molecule has 0 bridgehead atoms. The molecule has 16 heavy (non-hydrogen) atoms. The Bertz CT molecular complexity index is 414. The van der Waals surface area contributed by atoms with Crippen molar-refractivity contribution in [3.05, 3.63) is 23.8 Å². The Morgan fingerprint density at radius 1 is 1.44 bits per heavy atom. The largest absolute Gasteiger partial charge is 0.479 e. The van der Waals surface area contributed by atoms with Gasteiger partial charge in [-0.3, -0.25) is 4.79 Å². The van der Waals surface area contributed by atoms with Crippen LogP contribution in [0.15, 0.2) is 18.2 Å². The van der Waals surface area contributed by atoms with Crippen LogP contribution in [0.1, 0.15) is 25.8 Å². The highest BCUT2D eigenvalue weighted by atomic mass is 16.5. The molecular formula is C13H17NO2. The Morgan fingerprint density at radius 2 is 2.19 bits per heavy atom. The van der Waals surface area contributed by atoms with Gasteiger partial charge in [-0.15, -0.1) is 0 Å². The molecule has 0 radical (unpaired) electrons. The summed E-state index contributed by atoms with van der Waals surface area (Å²) in [4.78, 5) is 13.8. The third kappa shape index (κ3) is 1.77. The minimum absolute atomic E-state index is 0.0555. The Labute approximate surface area is 96.0 Å². The highest BCUT2D eigenvalue weighted by Crippen LogP contribution is 2.34. The highest BCUT2D eigenvalue weighted by Gasteiger charge is 2.30. The molecule has 3 heteroatoms. The molecular weight excluding hydrogens is 202 g/mol. The minimum atomic E-state index is -0.373. The van der Waals surface area contributed by atoms with Gasteiger partial charge in [-0.2, -0.15) is 0 Å². The third-order valence-corrected chi connectivity index (χ3v) is 2.77. The number of carbonyl (C=O) groups is 1. The first-order chi connectivity index (χ1) is 7.63. The molecule has 0 N–H and O–H groups in total. The zero-order valence-corrected chi connectivity index (χ0v) is 9.99. The van der Waals surface area contributed by atoms with Crippen molar-refractivity contribution in [2.45, 2.75) is 33.3 Å². The predicted molar refractivity (Wildman–Crippen MR) is 63.9 cm³/mol. The normalized spacial score (nSPS) is 19.3. The van der Waals surface area contributed by atoms with Gasteiger partial charge in [0.05, 0.1) is 5.69 Å². The lowest BCUT2D eigenvalue weighted by atomic mass is 10.1. The van der Waals surface area contributed by atoms with Crippen molar-refractivity contribution < 1.29 is 9.53 Å². The molecule has 0 saturated heterocycles. The van der Waals surface area contributed by atoms with Crippen molar-refractivity contribution in [3.8, 4) is 5.75 Å².